The lowest BCUT2D eigenvalue weighted by Crippen LogP contribution is -2.12. The van der Waals surface area contributed by atoms with E-state index in [2.05, 4.69) is 9.97 Å². The molecular formula is C12H16N2O2. The maximum Gasteiger partial charge on any atom is 0.313 e. The largest absolute Gasteiger partial charge is 0.481 e. The fourth-order valence-electron chi connectivity index (χ4n) is 2.16. The van der Waals surface area contributed by atoms with Crippen LogP contribution in [-0.4, -0.2) is 21.0 Å². The molecule has 1 heterocycles. The molecule has 1 aliphatic rings. The summed E-state index contributed by atoms with van der Waals surface area (Å²) in [5.74, 6) is -0.565. The molecule has 0 aliphatic heterocycles. The van der Waals surface area contributed by atoms with Crippen LogP contribution in [-0.2, 0) is 4.79 Å². The minimum atomic E-state index is -0.872. The Morgan fingerprint density at radius 3 is 2.81 bits per heavy atom. The predicted molar refractivity (Wildman–Crippen MR) is 59.3 cm³/mol. The van der Waals surface area contributed by atoms with Gasteiger partial charge in [0.25, 0.3) is 0 Å². The molecule has 0 bridgehead atoms. The molecule has 1 aliphatic carbocycles. The summed E-state index contributed by atoms with van der Waals surface area (Å²) in [5.41, 5.74) is 1.01. The molecule has 0 saturated heterocycles. The summed E-state index contributed by atoms with van der Waals surface area (Å²) in [5, 5.41) is 8.91. The monoisotopic (exact) mass is 220 g/mol. The van der Waals surface area contributed by atoms with Crippen molar-refractivity contribution in [1.29, 1.82) is 0 Å². The van der Waals surface area contributed by atoms with Gasteiger partial charge in [-0.3, -0.25) is 4.79 Å². The topological polar surface area (TPSA) is 63.1 Å². The average Bonchev–Trinajstić information content (AvgIpc) is 2.81. The fraction of sp³-hybridized carbons (Fsp3) is 0.583. The third-order valence-electron chi connectivity index (χ3n) is 3.23. The van der Waals surface area contributed by atoms with Crippen LogP contribution in [0.2, 0.25) is 0 Å². The van der Waals surface area contributed by atoms with Crippen molar-refractivity contribution in [1.82, 2.24) is 9.97 Å². The summed E-state index contributed by atoms with van der Waals surface area (Å²) in [7, 11) is 0. The molecule has 1 unspecified atom stereocenters. The van der Waals surface area contributed by atoms with E-state index in [4.69, 9.17) is 5.11 Å². The third kappa shape index (κ3) is 2.21. The highest BCUT2D eigenvalue weighted by molar-refractivity contribution is 5.74. The van der Waals surface area contributed by atoms with Gasteiger partial charge in [-0.05, 0) is 25.8 Å². The van der Waals surface area contributed by atoms with E-state index >= 15 is 0 Å². The van der Waals surface area contributed by atoms with E-state index in [0.29, 0.717) is 11.7 Å². The highest BCUT2D eigenvalue weighted by Crippen LogP contribution is 2.33. The molecule has 1 atom stereocenters. The van der Waals surface area contributed by atoms with E-state index in [9.17, 15) is 4.79 Å². The van der Waals surface area contributed by atoms with Crippen molar-refractivity contribution < 1.29 is 9.90 Å². The molecule has 1 saturated carbocycles. The van der Waals surface area contributed by atoms with Gasteiger partial charge < -0.3 is 5.11 Å². The molecule has 86 valence electrons. The molecule has 0 radical (unpaired) electrons. The van der Waals surface area contributed by atoms with Crippen LogP contribution in [0, 0.1) is 0 Å². The molecule has 0 aromatic carbocycles. The molecule has 16 heavy (non-hydrogen) atoms. The molecule has 2 rings (SSSR count). The van der Waals surface area contributed by atoms with Crippen LogP contribution in [0.1, 0.15) is 56.0 Å². The van der Waals surface area contributed by atoms with Gasteiger partial charge in [0.1, 0.15) is 11.7 Å². The first-order chi connectivity index (χ1) is 7.68. The van der Waals surface area contributed by atoms with Crippen LogP contribution < -0.4 is 0 Å². The highest BCUT2D eigenvalue weighted by Gasteiger charge is 2.21. The maximum absolute atomic E-state index is 10.9. The fourth-order valence-corrected chi connectivity index (χ4v) is 2.16. The van der Waals surface area contributed by atoms with Crippen LogP contribution >= 0.6 is 0 Å². The van der Waals surface area contributed by atoms with Gasteiger partial charge in [0.05, 0.1) is 0 Å². The van der Waals surface area contributed by atoms with Crippen LogP contribution in [0.25, 0.3) is 0 Å². The van der Waals surface area contributed by atoms with Gasteiger partial charge in [-0.15, -0.1) is 0 Å². The first-order valence-electron chi connectivity index (χ1n) is 5.74. The van der Waals surface area contributed by atoms with E-state index in [1.54, 1.807) is 13.1 Å². The molecule has 1 aromatic heterocycles. The number of aliphatic carboxylic acids is 1. The number of carbonyl (C=O) groups is 1. The zero-order valence-electron chi connectivity index (χ0n) is 9.39. The first kappa shape index (κ1) is 11.0. The lowest BCUT2D eigenvalue weighted by atomic mass is 10.0. The molecule has 1 aromatic rings. The van der Waals surface area contributed by atoms with Gasteiger partial charge in [-0.2, -0.15) is 0 Å². The van der Waals surface area contributed by atoms with E-state index in [-0.39, 0.29) is 0 Å². The molecule has 4 heteroatoms. The minimum Gasteiger partial charge on any atom is -0.481 e. The lowest BCUT2D eigenvalue weighted by Gasteiger charge is -2.11. The van der Waals surface area contributed by atoms with Gasteiger partial charge in [0.15, 0.2) is 0 Å². The molecule has 1 fully saturated rings. The first-order valence-corrected chi connectivity index (χ1v) is 5.74. The van der Waals surface area contributed by atoms with E-state index in [0.717, 1.165) is 18.5 Å². The Balaban J connectivity index is 2.21. The van der Waals surface area contributed by atoms with Crippen LogP contribution in [0.15, 0.2) is 12.3 Å². The van der Waals surface area contributed by atoms with E-state index in [1.165, 1.54) is 12.8 Å². The summed E-state index contributed by atoms with van der Waals surface area (Å²) in [4.78, 5) is 19.3. The van der Waals surface area contributed by atoms with Crippen molar-refractivity contribution in [3.8, 4) is 0 Å². The third-order valence-corrected chi connectivity index (χ3v) is 3.23. The van der Waals surface area contributed by atoms with E-state index < -0.39 is 11.9 Å². The number of rotatable bonds is 3. The highest BCUT2D eigenvalue weighted by atomic mass is 16.4. The number of hydrogen-bond acceptors (Lipinski definition) is 3. The summed E-state index contributed by atoms with van der Waals surface area (Å²) in [6.07, 6.45) is 6.50. The number of hydrogen-bond donors (Lipinski definition) is 1. The van der Waals surface area contributed by atoms with Gasteiger partial charge >= 0.3 is 5.97 Å². The van der Waals surface area contributed by atoms with Crippen molar-refractivity contribution in [2.45, 2.75) is 44.4 Å². The number of aromatic nitrogens is 2. The zero-order valence-corrected chi connectivity index (χ0v) is 9.39. The number of carboxylic acids is 1. The Morgan fingerprint density at radius 1 is 1.50 bits per heavy atom. The molecule has 0 spiro atoms. The Bertz CT molecular complexity index is 386. The van der Waals surface area contributed by atoms with Gasteiger partial charge in [0.2, 0.25) is 0 Å². The Hall–Kier alpha value is -1.45. The normalized spacial score (nSPS) is 18.6. The van der Waals surface area contributed by atoms with Crippen molar-refractivity contribution in [3.05, 3.63) is 23.8 Å². The SMILES string of the molecule is CC(C(=O)O)c1nccc(C2CCCC2)n1. The maximum atomic E-state index is 10.9. The number of nitrogens with zero attached hydrogens (tertiary/aromatic N) is 2. The Morgan fingerprint density at radius 2 is 2.19 bits per heavy atom. The summed E-state index contributed by atoms with van der Waals surface area (Å²) in [6.45, 7) is 1.62. The minimum absolute atomic E-state index is 0.428. The van der Waals surface area contributed by atoms with E-state index in [1.807, 2.05) is 6.07 Å². The average molecular weight is 220 g/mol. The van der Waals surface area contributed by atoms with Crippen molar-refractivity contribution >= 4 is 5.97 Å². The van der Waals surface area contributed by atoms with Gasteiger partial charge in [0, 0.05) is 17.8 Å². The Labute approximate surface area is 94.7 Å². The van der Waals surface area contributed by atoms with Crippen molar-refractivity contribution in [2.75, 3.05) is 0 Å². The second-order valence-corrected chi connectivity index (χ2v) is 4.38. The predicted octanol–water partition coefficient (Wildman–Crippen LogP) is 2.32. The van der Waals surface area contributed by atoms with Crippen LogP contribution in [0.4, 0.5) is 0 Å². The van der Waals surface area contributed by atoms with Crippen molar-refractivity contribution in [3.63, 3.8) is 0 Å². The molecule has 1 N–H and O–H groups in total. The van der Waals surface area contributed by atoms with Gasteiger partial charge in [-0.25, -0.2) is 9.97 Å². The summed E-state index contributed by atoms with van der Waals surface area (Å²) < 4.78 is 0. The standard InChI is InChI=1S/C12H16N2O2/c1-8(12(15)16)11-13-7-6-10(14-11)9-4-2-3-5-9/h6-9H,2-5H2,1H3,(H,15,16). The molecule has 0 amide bonds. The Kier molecular flexibility index (Phi) is 3.17. The molecule has 4 nitrogen and oxygen atoms in total. The number of carboxylic acid groups (broad SMARTS) is 1. The smallest absolute Gasteiger partial charge is 0.313 e. The van der Waals surface area contributed by atoms with Crippen molar-refractivity contribution in [2.24, 2.45) is 0 Å². The van der Waals surface area contributed by atoms with Gasteiger partial charge in [-0.1, -0.05) is 12.8 Å². The summed E-state index contributed by atoms with van der Waals surface area (Å²) >= 11 is 0. The quantitative estimate of drug-likeness (QED) is 0.849. The lowest BCUT2D eigenvalue weighted by molar-refractivity contribution is -0.138. The zero-order chi connectivity index (χ0) is 11.5. The van der Waals surface area contributed by atoms with Crippen LogP contribution in [0.3, 0.4) is 0 Å². The van der Waals surface area contributed by atoms with Crippen LogP contribution in [0.5, 0.6) is 0 Å². The summed E-state index contributed by atoms with van der Waals surface area (Å²) in [6, 6.07) is 1.91. The molecular weight excluding hydrogens is 204 g/mol. The second-order valence-electron chi connectivity index (χ2n) is 4.38. The second kappa shape index (κ2) is 4.60.